The minimum absolute atomic E-state index is 0.0943. The Balaban J connectivity index is 0.706. The number of nitrogens with zero attached hydrogens (tertiary/aromatic N) is 9. The molecule has 1 unspecified atom stereocenters. The van der Waals surface area contributed by atoms with Gasteiger partial charge in [-0.3, -0.25) is 29.3 Å². The quantitative estimate of drug-likeness (QED) is 0.236. The molecule has 2 aromatic carbocycles. The van der Waals surface area contributed by atoms with E-state index < -0.39 is 6.04 Å². The maximum Gasteiger partial charge on any atom is 0.261 e. The van der Waals surface area contributed by atoms with Crippen LogP contribution in [0.15, 0.2) is 55.0 Å². The molecule has 9 heterocycles. The monoisotopic (exact) mass is 853 g/mol. The van der Waals surface area contributed by atoms with Gasteiger partial charge in [-0.05, 0) is 118 Å². The summed E-state index contributed by atoms with van der Waals surface area (Å²) in [6.45, 7) is 9.90. The first-order valence-electron chi connectivity index (χ1n) is 23.1. The van der Waals surface area contributed by atoms with Crippen LogP contribution in [0.2, 0.25) is 0 Å². The number of anilines is 3. The molecule has 0 spiro atoms. The Hall–Kier alpha value is -5.87. The molecule has 7 aliphatic heterocycles. The Bertz CT molecular complexity index is 2480. The van der Waals surface area contributed by atoms with Gasteiger partial charge in [-0.15, -0.1) is 0 Å². The minimum atomic E-state index is -0.608. The van der Waals surface area contributed by atoms with E-state index in [0.717, 1.165) is 118 Å². The first-order chi connectivity index (χ1) is 30.7. The number of likely N-dealkylation sites (tertiary alicyclic amines) is 2. The Morgan fingerprint density at radius 2 is 1.49 bits per heavy atom. The summed E-state index contributed by atoms with van der Waals surface area (Å²) in [5, 5.41) is 9.95. The molecule has 0 aliphatic carbocycles. The molecular weight excluding hydrogens is 799 g/mol. The highest BCUT2D eigenvalue weighted by Gasteiger charge is 2.40. The Morgan fingerprint density at radius 1 is 0.762 bits per heavy atom. The summed E-state index contributed by atoms with van der Waals surface area (Å²) in [7, 11) is 0. The van der Waals surface area contributed by atoms with E-state index in [2.05, 4.69) is 51.3 Å². The zero-order valence-corrected chi connectivity index (χ0v) is 35.7. The number of hydrogen-bond donors (Lipinski definition) is 2. The van der Waals surface area contributed by atoms with E-state index in [9.17, 15) is 24.0 Å². The number of aromatic nitrogens is 3. The smallest absolute Gasteiger partial charge is 0.261 e. The SMILES string of the molecule is O=C1CCC(N2Cc3cc(N4CCC(CN5CCC(N6Cc7cc(NC(=O)c8cnn9cccnc89)c(N8CCC(N9CCC9)CC8)cc7C6=O)CC5)CC4)ccc3C2=O)C(=O)N1. The molecule has 11 rings (SSSR count). The highest BCUT2D eigenvalue weighted by Crippen LogP contribution is 2.39. The van der Waals surface area contributed by atoms with Gasteiger partial charge in [0.2, 0.25) is 11.8 Å². The molecule has 5 amide bonds. The van der Waals surface area contributed by atoms with Crippen LogP contribution < -0.4 is 20.4 Å². The van der Waals surface area contributed by atoms with Crippen molar-refractivity contribution in [2.24, 2.45) is 5.92 Å². The fraction of sp³-hybridized carbons (Fsp3) is 0.511. The van der Waals surface area contributed by atoms with E-state index >= 15 is 0 Å². The van der Waals surface area contributed by atoms with E-state index in [1.54, 1.807) is 34.1 Å². The molecule has 2 N–H and O–H groups in total. The molecule has 7 aliphatic rings. The van der Waals surface area contributed by atoms with Gasteiger partial charge in [0, 0.05) is 107 Å². The van der Waals surface area contributed by atoms with Crippen molar-refractivity contribution in [1.82, 2.24) is 39.5 Å². The number of fused-ring (bicyclic) bond motifs is 3. The second kappa shape index (κ2) is 16.4. The Morgan fingerprint density at radius 3 is 2.25 bits per heavy atom. The van der Waals surface area contributed by atoms with Crippen molar-refractivity contribution in [2.45, 2.75) is 89.0 Å². The van der Waals surface area contributed by atoms with Crippen LogP contribution in [-0.4, -0.2) is 141 Å². The molecular formula is C47H55N11O5. The standard InChI is InChI=1S/C47H55N11O5/c59-42-6-5-40(45(61)51-42)57-29-31-23-35(3-4-36(31)46(57)62)54-19-7-30(8-20-54)27-52-17-9-34(10-18-52)56-28-32-24-39(50-44(60)38-26-49-58-16-1-13-48-43(38)58)41(25-37(32)47(56)63)55-21-11-33(12-22-55)53-14-2-15-53/h1,3-4,13,16,23-26,30,33-34,40H,2,5-12,14-15,17-22,27-29H2,(H,50,60)(H,51,59,61). The van der Waals surface area contributed by atoms with Crippen LogP contribution in [0.25, 0.3) is 5.65 Å². The third kappa shape index (κ3) is 7.50. The van der Waals surface area contributed by atoms with Crippen molar-refractivity contribution in [3.63, 3.8) is 0 Å². The number of hydrogen-bond acceptors (Lipinski definition) is 11. The molecule has 0 bridgehead atoms. The van der Waals surface area contributed by atoms with Crippen LogP contribution in [0, 0.1) is 5.92 Å². The number of rotatable bonds is 9. The maximum atomic E-state index is 14.3. The number of imide groups is 1. The Labute approximate surface area is 366 Å². The second-order valence-corrected chi connectivity index (χ2v) is 18.7. The molecule has 2 aromatic heterocycles. The fourth-order valence-corrected chi connectivity index (χ4v) is 11.3. The van der Waals surface area contributed by atoms with E-state index in [1.165, 1.54) is 19.5 Å². The summed E-state index contributed by atoms with van der Waals surface area (Å²) in [6.07, 6.45) is 13.1. The van der Waals surface area contributed by atoms with Crippen LogP contribution in [0.4, 0.5) is 17.1 Å². The van der Waals surface area contributed by atoms with Crippen LogP contribution >= 0.6 is 0 Å². The first-order valence-corrected chi connectivity index (χ1v) is 23.1. The van der Waals surface area contributed by atoms with E-state index in [-0.39, 0.29) is 42.0 Å². The van der Waals surface area contributed by atoms with Crippen molar-refractivity contribution >= 4 is 52.2 Å². The summed E-state index contributed by atoms with van der Waals surface area (Å²) in [4.78, 5) is 83.5. The van der Waals surface area contributed by atoms with Crippen molar-refractivity contribution in [3.05, 3.63) is 82.8 Å². The molecule has 0 saturated carbocycles. The van der Waals surface area contributed by atoms with Gasteiger partial charge >= 0.3 is 0 Å². The molecule has 5 saturated heterocycles. The Kier molecular flexibility index (Phi) is 10.4. The lowest BCUT2D eigenvalue weighted by Gasteiger charge is -2.43. The van der Waals surface area contributed by atoms with Gasteiger partial charge in [0.25, 0.3) is 17.7 Å². The summed E-state index contributed by atoms with van der Waals surface area (Å²) in [6, 6.07) is 12.1. The molecule has 328 valence electrons. The van der Waals surface area contributed by atoms with E-state index in [4.69, 9.17) is 0 Å². The highest BCUT2D eigenvalue weighted by molar-refractivity contribution is 6.10. The number of carbonyl (C=O) groups is 5. The number of piperidine rings is 4. The average Bonchev–Trinajstić information content (AvgIpc) is 3.96. The fourth-order valence-electron chi connectivity index (χ4n) is 11.3. The van der Waals surface area contributed by atoms with Gasteiger partial charge < -0.3 is 34.7 Å². The lowest BCUT2D eigenvalue weighted by atomic mass is 9.94. The third-order valence-corrected chi connectivity index (χ3v) is 15.0. The molecule has 63 heavy (non-hydrogen) atoms. The predicted molar refractivity (Wildman–Crippen MR) is 236 cm³/mol. The first kappa shape index (κ1) is 39.9. The largest absolute Gasteiger partial charge is 0.372 e. The summed E-state index contributed by atoms with van der Waals surface area (Å²) in [5.41, 5.74) is 6.96. The lowest BCUT2D eigenvalue weighted by molar-refractivity contribution is -0.136. The average molecular weight is 854 g/mol. The number of carbonyl (C=O) groups excluding carboxylic acids is 5. The van der Waals surface area contributed by atoms with Crippen molar-refractivity contribution in [1.29, 1.82) is 0 Å². The van der Waals surface area contributed by atoms with E-state index in [0.29, 0.717) is 48.2 Å². The van der Waals surface area contributed by atoms with Crippen LogP contribution in [0.3, 0.4) is 0 Å². The van der Waals surface area contributed by atoms with E-state index in [1.807, 2.05) is 24.3 Å². The predicted octanol–water partition coefficient (Wildman–Crippen LogP) is 3.75. The van der Waals surface area contributed by atoms with Gasteiger partial charge in [0.05, 0.1) is 17.6 Å². The molecule has 5 fully saturated rings. The maximum absolute atomic E-state index is 14.3. The lowest BCUT2D eigenvalue weighted by Crippen LogP contribution is -2.52. The van der Waals surface area contributed by atoms with Crippen molar-refractivity contribution < 1.29 is 24.0 Å². The van der Waals surface area contributed by atoms with Crippen LogP contribution in [-0.2, 0) is 22.7 Å². The topological polar surface area (TPSA) is 159 Å². The number of nitrogens with one attached hydrogen (secondary N) is 2. The number of amides is 5. The van der Waals surface area contributed by atoms with Gasteiger partial charge in [0.15, 0.2) is 5.65 Å². The van der Waals surface area contributed by atoms with Crippen molar-refractivity contribution in [2.75, 3.05) is 74.0 Å². The van der Waals surface area contributed by atoms with Gasteiger partial charge in [-0.25, -0.2) is 9.50 Å². The summed E-state index contributed by atoms with van der Waals surface area (Å²) < 4.78 is 1.61. The van der Waals surface area contributed by atoms with Crippen LogP contribution in [0.5, 0.6) is 0 Å². The molecule has 0 radical (unpaired) electrons. The molecule has 16 nitrogen and oxygen atoms in total. The minimum Gasteiger partial charge on any atom is -0.372 e. The second-order valence-electron chi connectivity index (χ2n) is 18.7. The molecule has 16 heteroatoms. The van der Waals surface area contributed by atoms with Gasteiger partial charge in [0.1, 0.15) is 11.6 Å². The summed E-state index contributed by atoms with van der Waals surface area (Å²) in [5.74, 6) is -0.384. The highest BCUT2D eigenvalue weighted by atomic mass is 16.2. The summed E-state index contributed by atoms with van der Waals surface area (Å²) >= 11 is 0. The number of benzene rings is 2. The van der Waals surface area contributed by atoms with Gasteiger partial charge in [-0.2, -0.15) is 5.10 Å². The molecule has 4 aromatic rings. The zero-order chi connectivity index (χ0) is 42.8. The van der Waals surface area contributed by atoms with Crippen LogP contribution in [0.1, 0.15) is 100.0 Å². The van der Waals surface area contributed by atoms with Gasteiger partial charge in [-0.1, -0.05) is 0 Å². The van der Waals surface area contributed by atoms with Crippen molar-refractivity contribution in [3.8, 4) is 0 Å². The third-order valence-electron chi connectivity index (χ3n) is 15.0. The zero-order valence-electron chi connectivity index (χ0n) is 35.7. The molecule has 1 atom stereocenters. The normalized spacial score (nSPS) is 23.1.